The topological polar surface area (TPSA) is 42.9 Å². The third kappa shape index (κ3) is 2.20. The number of hydrogen-bond donors (Lipinski definition) is 0. The molecule has 92 valence electrons. The number of fused-ring (bicyclic) bond motifs is 1. The van der Waals surface area contributed by atoms with E-state index in [9.17, 15) is 4.79 Å². The van der Waals surface area contributed by atoms with Crippen molar-refractivity contribution in [2.45, 2.75) is 0 Å². The number of carbonyl (C=O) groups is 1. The second-order valence-corrected chi connectivity index (χ2v) is 4.53. The summed E-state index contributed by atoms with van der Waals surface area (Å²) in [4.78, 5) is 19.0. The van der Waals surface area contributed by atoms with Crippen LogP contribution in [0.15, 0.2) is 48.8 Å². The van der Waals surface area contributed by atoms with Gasteiger partial charge >= 0.3 is 0 Å². The van der Waals surface area contributed by atoms with Gasteiger partial charge in [0.25, 0.3) is 0 Å². The van der Waals surface area contributed by atoms with E-state index in [1.165, 1.54) is 0 Å². The maximum Gasteiger partial charge on any atom is 0.168 e. The van der Waals surface area contributed by atoms with Crippen LogP contribution in [0.1, 0.15) is 10.5 Å². The first-order chi connectivity index (χ1) is 9.28. The molecule has 0 saturated heterocycles. The Kier molecular flexibility index (Phi) is 2.97. The first-order valence-corrected chi connectivity index (χ1v) is 6.11. The van der Waals surface area contributed by atoms with Gasteiger partial charge in [-0.3, -0.25) is 14.8 Å². The number of aldehydes is 1. The zero-order valence-corrected chi connectivity index (χ0v) is 10.6. The fourth-order valence-electron chi connectivity index (χ4n) is 1.92. The summed E-state index contributed by atoms with van der Waals surface area (Å²) in [5, 5.41) is 2.63. The summed E-state index contributed by atoms with van der Waals surface area (Å²) < 4.78 is 0. The van der Waals surface area contributed by atoms with Crippen LogP contribution in [-0.2, 0) is 0 Å². The second kappa shape index (κ2) is 4.78. The normalized spacial score (nSPS) is 10.6. The quantitative estimate of drug-likeness (QED) is 0.665. The Morgan fingerprint density at radius 1 is 1.05 bits per heavy atom. The van der Waals surface area contributed by atoms with Crippen LogP contribution in [0, 0.1) is 0 Å². The minimum Gasteiger partial charge on any atom is -0.296 e. The molecular formula is C15H9ClN2O. The van der Waals surface area contributed by atoms with Crippen molar-refractivity contribution in [2.24, 2.45) is 0 Å². The lowest BCUT2D eigenvalue weighted by Crippen LogP contribution is -1.89. The van der Waals surface area contributed by atoms with Crippen LogP contribution in [0.3, 0.4) is 0 Å². The van der Waals surface area contributed by atoms with Gasteiger partial charge in [0.05, 0.1) is 5.69 Å². The largest absolute Gasteiger partial charge is 0.296 e. The molecule has 4 heteroatoms. The van der Waals surface area contributed by atoms with E-state index in [1.54, 1.807) is 18.5 Å². The number of pyridine rings is 2. The predicted molar refractivity (Wildman–Crippen MR) is 75.4 cm³/mol. The van der Waals surface area contributed by atoms with Gasteiger partial charge in [-0.25, -0.2) is 0 Å². The Morgan fingerprint density at radius 2 is 1.95 bits per heavy atom. The number of halogens is 1. The molecule has 2 aromatic heterocycles. The lowest BCUT2D eigenvalue weighted by atomic mass is 10.1. The van der Waals surface area contributed by atoms with Crippen molar-refractivity contribution < 1.29 is 4.79 Å². The minimum atomic E-state index is 0.410. The van der Waals surface area contributed by atoms with Gasteiger partial charge in [-0.2, -0.15) is 0 Å². The van der Waals surface area contributed by atoms with Crippen LogP contribution in [0.2, 0.25) is 5.02 Å². The van der Waals surface area contributed by atoms with E-state index in [2.05, 4.69) is 9.97 Å². The van der Waals surface area contributed by atoms with E-state index in [0.717, 1.165) is 28.3 Å². The molecule has 0 spiro atoms. The highest BCUT2D eigenvalue weighted by molar-refractivity contribution is 6.35. The molecule has 0 aliphatic carbocycles. The number of carbonyl (C=O) groups excluding carboxylic acids is 1. The molecule has 1 aromatic carbocycles. The van der Waals surface area contributed by atoms with Crippen LogP contribution in [0.4, 0.5) is 0 Å². The van der Waals surface area contributed by atoms with Crippen molar-refractivity contribution in [2.75, 3.05) is 0 Å². The van der Waals surface area contributed by atoms with Crippen LogP contribution >= 0.6 is 11.6 Å². The molecule has 0 fully saturated rings. The van der Waals surface area contributed by atoms with E-state index in [1.807, 2.05) is 30.3 Å². The molecule has 0 atom stereocenters. The Labute approximate surface area is 114 Å². The maximum absolute atomic E-state index is 10.6. The number of benzene rings is 1. The number of rotatable bonds is 2. The van der Waals surface area contributed by atoms with E-state index >= 15 is 0 Å². The zero-order chi connectivity index (χ0) is 13.2. The molecule has 0 N–H and O–H groups in total. The number of nitrogens with zero attached hydrogens (tertiary/aromatic N) is 2. The highest BCUT2D eigenvalue weighted by Gasteiger charge is 2.04. The Hall–Kier alpha value is -2.26. The van der Waals surface area contributed by atoms with Gasteiger partial charge in [0, 0.05) is 28.4 Å². The molecule has 19 heavy (non-hydrogen) atoms. The maximum atomic E-state index is 10.6. The molecule has 0 aliphatic heterocycles. The van der Waals surface area contributed by atoms with Crippen molar-refractivity contribution in [1.29, 1.82) is 0 Å². The van der Waals surface area contributed by atoms with E-state index in [-0.39, 0.29) is 0 Å². The summed E-state index contributed by atoms with van der Waals surface area (Å²) in [6.07, 6.45) is 4.11. The summed E-state index contributed by atoms with van der Waals surface area (Å²) in [6.45, 7) is 0. The van der Waals surface area contributed by atoms with Crippen LogP contribution in [0.25, 0.3) is 22.0 Å². The average Bonchev–Trinajstić information content (AvgIpc) is 2.47. The fourth-order valence-corrected chi connectivity index (χ4v) is 2.15. The fraction of sp³-hybridized carbons (Fsp3) is 0. The smallest absolute Gasteiger partial charge is 0.168 e. The second-order valence-electron chi connectivity index (χ2n) is 4.12. The standard InChI is InChI=1S/C15H9ClN2O/c16-14-3-1-2-10-6-15(18-8-13(10)14)11-4-5-12(9-19)17-7-11/h1-9H. The molecule has 3 nitrogen and oxygen atoms in total. The molecule has 0 saturated carbocycles. The third-order valence-corrected chi connectivity index (χ3v) is 3.24. The monoisotopic (exact) mass is 268 g/mol. The summed E-state index contributed by atoms with van der Waals surface area (Å²) in [6, 6.07) is 11.2. The molecule has 0 unspecified atom stereocenters. The molecular weight excluding hydrogens is 260 g/mol. The van der Waals surface area contributed by atoms with Crippen molar-refractivity contribution in [1.82, 2.24) is 9.97 Å². The third-order valence-electron chi connectivity index (χ3n) is 2.91. The first-order valence-electron chi connectivity index (χ1n) is 5.74. The summed E-state index contributed by atoms with van der Waals surface area (Å²) in [7, 11) is 0. The lowest BCUT2D eigenvalue weighted by molar-refractivity contribution is 0.111. The van der Waals surface area contributed by atoms with Crippen molar-refractivity contribution in [3.8, 4) is 11.3 Å². The van der Waals surface area contributed by atoms with Gasteiger partial charge in [-0.1, -0.05) is 23.7 Å². The van der Waals surface area contributed by atoms with Crippen LogP contribution in [-0.4, -0.2) is 16.3 Å². The van der Waals surface area contributed by atoms with E-state index in [0.29, 0.717) is 10.7 Å². The SMILES string of the molecule is O=Cc1ccc(-c2cc3cccc(Cl)c3cn2)cn1. The molecule has 3 aromatic rings. The van der Waals surface area contributed by atoms with Gasteiger partial charge < -0.3 is 0 Å². The summed E-state index contributed by atoms with van der Waals surface area (Å²) in [5.74, 6) is 0. The van der Waals surface area contributed by atoms with Gasteiger partial charge in [-0.05, 0) is 29.7 Å². The Balaban J connectivity index is 2.12. The van der Waals surface area contributed by atoms with E-state index in [4.69, 9.17) is 11.6 Å². The van der Waals surface area contributed by atoms with Crippen LogP contribution < -0.4 is 0 Å². The van der Waals surface area contributed by atoms with E-state index < -0.39 is 0 Å². The van der Waals surface area contributed by atoms with Gasteiger partial charge in [0.15, 0.2) is 6.29 Å². The first kappa shape index (κ1) is 11.8. The van der Waals surface area contributed by atoms with Gasteiger partial charge in [-0.15, -0.1) is 0 Å². The lowest BCUT2D eigenvalue weighted by Gasteiger charge is -2.04. The Bertz CT molecular complexity index is 754. The van der Waals surface area contributed by atoms with Crippen molar-refractivity contribution in [3.05, 3.63) is 59.5 Å². The molecule has 0 radical (unpaired) electrons. The number of aromatic nitrogens is 2. The molecule has 2 heterocycles. The minimum absolute atomic E-state index is 0.410. The number of hydrogen-bond acceptors (Lipinski definition) is 3. The zero-order valence-electron chi connectivity index (χ0n) is 9.88. The molecule has 0 aliphatic rings. The summed E-state index contributed by atoms with van der Waals surface area (Å²) >= 11 is 6.10. The molecule has 0 amide bonds. The Morgan fingerprint density at radius 3 is 2.68 bits per heavy atom. The summed E-state index contributed by atoms with van der Waals surface area (Å²) in [5.41, 5.74) is 2.08. The predicted octanol–water partition coefficient (Wildman–Crippen LogP) is 3.76. The average molecular weight is 269 g/mol. The van der Waals surface area contributed by atoms with Gasteiger partial charge in [0.1, 0.15) is 5.69 Å². The van der Waals surface area contributed by atoms with Gasteiger partial charge in [0.2, 0.25) is 0 Å². The van der Waals surface area contributed by atoms with Crippen LogP contribution in [0.5, 0.6) is 0 Å². The highest BCUT2D eigenvalue weighted by Crippen LogP contribution is 2.26. The van der Waals surface area contributed by atoms with Crippen molar-refractivity contribution >= 4 is 28.7 Å². The molecule has 0 bridgehead atoms. The van der Waals surface area contributed by atoms with Crippen molar-refractivity contribution in [3.63, 3.8) is 0 Å². The molecule has 3 rings (SSSR count). The highest BCUT2D eigenvalue weighted by atomic mass is 35.5.